The number of rotatable bonds is 2. The lowest BCUT2D eigenvalue weighted by molar-refractivity contribution is -0.123. The maximum absolute atomic E-state index is 11.0. The van der Waals surface area contributed by atoms with Crippen LogP contribution in [0.2, 0.25) is 0 Å². The van der Waals surface area contributed by atoms with Crippen molar-refractivity contribution >= 4 is 12.3 Å². The molecule has 58 valence electrons. The number of amides is 2. The monoisotopic (exact) mass is 152 g/mol. The minimum Gasteiger partial charge on any atom is -0.344 e. The second-order valence-corrected chi connectivity index (χ2v) is 2.01. The molecule has 0 saturated carbocycles. The molecular formula is C7H8N2O2. The van der Waals surface area contributed by atoms with Crippen molar-refractivity contribution in [3.8, 4) is 0 Å². The quantitative estimate of drug-likeness (QED) is 0.514. The zero-order chi connectivity index (χ0) is 8.10. The molecule has 1 aliphatic heterocycles. The fraction of sp³-hybridized carbons (Fsp3) is 0.143. The molecule has 0 spiro atoms. The van der Waals surface area contributed by atoms with E-state index < -0.39 is 6.04 Å². The molecule has 1 rings (SSSR count). The Morgan fingerprint density at radius 1 is 1.55 bits per heavy atom. The maximum atomic E-state index is 11.0. The number of hydrogen-bond donors (Lipinski definition) is 2. The van der Waals surface area contributed by atoms with Crippen molar-refractivity contribution in [1.29, 1.82) is 0 Å². The van der Waals surface area contributed by atoms with Gasteiger partial charge in [0.15, 0.2) is 0 Å². The lowest BCUT2D eigenvalue weighted by Gasteiger charge is -2.07. The van der Waals surface area contributed by atoms with Crippen LogP contribution in [-0.4, -0.2) is 18.4 Å². The topological polar surface area (TPSA) is 58.2 Å². The first kappa shape index (κ1) is 7.53. The summed E-state index contributed by atoms with van der Waals surface area (Å²) in [5, 5.41) is 4.83. The Morgan fingerprint density at radius 2 is 2.36 bits per heavy atom. The smallest absolute Gasteiger partial charge is 0.250 e. The highest BCUT2D eigenvalue weighted by Crippen LogP contribution is 1.91. The van der Waals surface area contributed by atoms with Crippen molar-refractivity contribution in [2.24, 2.45) is 0 Å². The summed E-state index contributed by atoms with van der Waals surface area (Å²) in [5.41, 5.74) is 0. The minimum atomic E-state index is -0.553. The molecule has 4 nitrogen and oxygen atoms in total. The Labute approximate surface area is 64.0 Å². The van der Waals surface area contributed by atoms with Gasteiger partial charge < -0.3 is 10.6 Å². The van der Waals surface area contributed by atoms with Crippen LogP contribution >= 0.6 is 0 Å². The van der Waals surface area contributed by atoms with Gasteiger partial charge in [-0.1, -0.05) is 12.2 Å². The average molecular weight is 152 g/mol. The molecule has 0 aromatic heterocycles. The standard InChI is InChI=1S/C7H8N2O2/c10-5-9-6-3-1-2-4-8-7(6)11/h1-6H,(H,8,11)(H,9,10). The van der Waals surface area contributed by atoms with Crippen molar-refractivity contribution in [3.63, 3.8) is 0 Å². The van der Waals surface area contributed by atoms with Crippen molar-refractivity contribution in [1.82, 2.24) is 10.6 Å². The summed E-state index contributed by atoms with van der Waals surface area (Å²) in [4.78, 5) is 21.0. The molecule has 1 aliphatic rings. The van der Waals surface area contributed by atoms with Crippen LogP contribution in [0, 0.1) is 0 Å². The Morgan fingerprint density at radius 3 is 3.09 bits per heavy atom. The Hall–Kier alpha value is -1.58. The number of carbonyl (C=O) groups excluding carboxylic acids is 2. The summed E-state index contributed by atoms with van der Waals surface area (Å²) in [5.74, 6) is -0.234. The molecule has 0 radical (unpaired) electrons. The van der Waals surface area contributed by atoms with Crippen LogP contribution in [0.1, 0.15) is 0 Å². The summed E-state index contributed by atoms with van der Waals surface area (Å²) < 4.78 is 0. The SMILES string of the molecule is O=CNC1C=CC=CNC1=O. The molecule has 0 aliphatic carbocycles. The lowest BCUT2D eigenvalue weighted by atomic mass is 10.2. The van der Waals surface area contributed by atoms with E-state index in [1.807, 2.05) is 0 Å². The summed E-state index contributed by atoms with van der Waals surface area (Å²) in [6.07, 6.45) is 7.00. The zero-order valence-corrected chi connectivity index (χ0v) is 5.78. The van der Waals surface area contributed by atoms with Gasteiger partial charge in [0.2, 0.25) is 6.41 Å². The van der Waals surface area contributed by atoms with Crippen LogP contribution in [-0.2, 0) is 9.59 Å². The second kappa shape index (κ2) is 3.55. The Bertz CT molecular complexity index is 220. The second-order valence-electron chi connectivity index (χ2n) is 2.01. The van der Waals surface area contributed by atoms with Crippen LogP contribution in [0.15, 0.2) is 24.4 Å². The van der Waals surface area contributed by atoms with Crippen LogP contribution in [0.4, 0.5) is 0 Å². The van der Waals surface area contributed by atoms with E-state index in [1.165, 1.54) is 6.20 Å². The largest absolute Gasteiger partial charge is 0.344 e. The van der Waals surface area contributed by atoms with Gasteiger partial charge in [-0.05, 0) is 6.08 Å². The van der Waals surface area contributed by atoms with E-state index in [0.717, 1.165) is 0 Å². The van der Waals surface area contributed by atoms with Crippen molar-refractivity contribution in [2.45, 2.75) is 6.04 Å². The molecule has 1 atom stereocenters. The Kier molecular flexibility index (Phi) is 2.43. The highest BCUT2D eigenvalue weighted by molar-refractivity contribution is 5.86. The van der Waals surface area contributed by atoms with Gasteiger partial charge in [-0.15, -0.1) is 0 Å². The van der Waals surface area contributed by atoms with Crippen molar-refractivity contribution in [3.05, 3.63) is 24.4 Å². The molecular weight excluding hydrogens is 144 g/mol. The number of hydrogen-bond acceptors (Lipinski definition) is 2. The van der Waals surface area contributed by atoms with E-state index in [0.29, 0.717) is 6.41 Å². The fourth-order valence-electron chi connectivity index (χ4n) is 0.743. The fourth-order valence-corrected chi connectivity index (χ4v) is 0.743. The summed E-state index contributed by atoms with van der Waals surface area (Å²) >= 11 is 0. The van der Waals surface area contributed by atoms with Crippen LogP contribution in [0.25, 0.3) is 0 Å². The van der Waals surface area contributed by atoms with Crippen molar-refractivity contribution in [2.75, 3.05) is 0 Å². The third-order valence-corrected chi connectivity index (χ3v) is 1.27. The average Bonchev–Trinajstić information content (AvgIpc) is 2.18. The normalized spacial score (nSPS) is 22.2. The van der Waals surface area contributed by atoms with E-state index in [1.54, 1.807) is 18.2 Å². The van der Waals surface area contributed by atoms with E-state index in [4.69, 9.17) is 0 Å². The first-order valence-electron chi connectivity index (χ1n) is 3.18. The summed E-state index contributed by atoms with van der Waals surface area (Å²) in [6.45, 7) is 0. The maximum Gasteiger partial charge on any atom is 0.250 e. The number of allylic oxidation sites excluding steroid dienone is 2. The van der Waals surface area contributed by atoms with Gasteiger partial charge in [0.25, 0.3) is 5.91 Å². The highest BCUT2D eigenvalue weighted by Gasteiger charge is 2.12. The molecule has 1 heterocycles. The molecule has 0 bridgehead atoms. The van der Waals surface area contributed by atoms with Gasteiger partial charge in [0, 0.05) is 6.20 Å². The number of nitrogens with one attached hydrogen (secondary N) is 2. The van der Waals surface area contributed by atoms with E-state index in [2.05, 4.69) is 10.6 Å². The Balaban J connectivity index is 2.63. The van der Waals surface area contributed by atoms with E-state index in [-0.39, 0.29) is 5.91 Å². The van der Waals surface area contributed by atoms with Crippen molar-refractivity contribution < 1.29 is 9.59 Å². The van der Waals surface area contributed by atoms with E-state index in [9.17, 15) is 9.59 Å². The molecule has 2 N–H and O–H groups in total. The molecule has 0 fully saturated rings. The van der Waals surface area contributed by atoms with Gasteiger partial charge in [0.05, 0.1) is 0 Å². The lowest BCUT2D eigenvalue weighted by Crippen LogP contribution is -2.39. The van der Waals surface area contributed by atoms with Gasteiger partial charge in [-0.25, -0.2) is 0 Å². The third-order valence-electron chi connectivity index (χ3n) is 1.27. The molecule has 2 amide bonds. The van der Waals surface area contributed by atoms with Gasteiger partial charge >= 0.3 is 0 Å². The van der Waals surface area contributed by atoms with Gasteiger partial charge in [0.1, 0.15) is 6.04 Å². The molecule has 1 unspecified atom stereocenters. The van der Waals surface area contributed by atoms with Gasteiger partial charge in [-0.2, -0.15) is 0 Å². The first-order valence-corrected chi connectivity index (χ1v) is 3.18. The summed E-state index contributed by atoms with van der Waals surface area (Å²) in [7, 11) is 0. The highest BCUT2D eigenvalue weighted by atomic mass is 16.2. The summed E-state index contributed by atoms with van der Waals surface area (Å²) in [6, 6.07) is -0.553. The predicted molar refractivity (Wildman–Crippen MR) is 39.4 cm³/mol. The molecule has 4 heteroatoms. The third kappa shape index (κ3) is 1.93. The molecule has 0 saturated heterocycles. The van der Waals surface area contributed by atoms with Crippen LogP contribution in [0.5, 0.6) is 0 Å². The predicted octanol–water partition coefficient (Wildman–Crippen LogP) is -0.699. The number of carbonyl (C=O) groups is 2. The minimum absolute atomic E-state index is 0.234. The molecule has 11 heavy (non-hydrogen) atoms. The molecule has 0 aromatic rings. The first-order chi connectivity index (χ1) is 5.34. The van der Waals surface area contributed by atoms with Crippen LogP contribution in [0.3, 0.4) is 0 Å². The zero-order valence-electron chi connectivity index (χ0n) is 5.78. The van der Waals surface area contributed by atoms with E-state index >= 15 is 0 Å². The van der Waals surface area contributed by atoms with Crippen LogP contribution < -0.4 is 10.6 Å². The van der Waals surface area contributed by atoms with Gasteiger partial charge in [-0.3, -0.25) is 9.59 Å². The molecule has 0 aromatic carbocycles.